The zero-order valence-electron chi connectivity index (χ0n) is 50.7. The molecule has 1 aromatic carbocycles. The van der Waals surface area contributed by atoms with Gasteiger partial charge in [-0.05, 0) is 91.8 Å². The van der Waals surface area contributed by atoms with Crippen LogP contribution in [-0.2, 0) is 53.9 Å². The number of oxime groups is 1. The molecule has 82 heavy (non-hydrogen) atoms. The molecule has 0 radical (unpaired) electrons. The van der Waals surface area contributed by atoms with Gasteiger partial charge >= 0.3 is 5.97 Å². The summed E-state index contributed by atoms with van der Waals surface area (Å²) in [4.78, 5) is 31.0. The highest BCUT2D eigenvalue weighted by Crippen LogP contribution is 2.43. The molecular weight excluding hydrogens is 1060 g/mol. The Morgan fingerprint density at radius 1 is 0.902 bits per heavy atom. The van der Waals surface area contributed by atoms with E-state index in [1.807, 2.05) is 63.9 Å². The van der Waals surface area contributed by atoms with Gasteiger partial charge in [-0.25, -0.2) is 19.0 Å². The van der Waals surface area contributed by atoms with Crippen molar-refractivity contribution in [3.63, 3.8) is 0 Å². The van der Waals surface area contributed by atoms with Crippen molar-refractivity contribution in [1.82, 2.24) is 29.9 Å². The Balaban J connectivity index is 1.13. The van der Waals surface area contributed by atoms with Crippen LogP contribution in [0.1, 0.15) is 131 Å². The van der Waals surface area contributed by atoms with E-state index in [4.69, 9.17) is 42.7 Å². The first-order chi connectivity index (χ1) is 38.9. The van der Waals surface area contributed by atoms with Crippen LogP contribution in [0.4, 0.5) is 10.3 Å². The van der Waals surface area contributed by atoms with E-state index in [1.165, 1.54) is 25.8 Å². The molecule has 20 atom stereocenters. The van der Waals surface area contributed by atoms with E-state index >= 15 is 4.39 Å². The molecule has 5 heterocycles. The summed E-state index contributed by atoms with van der Waals surface area (Å²) >= 11 is 0. The molecule has 0 amide bonds. The Hall–Kier alpha value is -4.37. The number of benzene rings is 1. The molecule has 0 unspecified atom stereocenters. The number of cyclic esters (lactones) is 1. The van der Waals surface area contributed by atoms with E-state index in [0.717, 1.165) is 29.5 Å². The van der Waals surface area contributed by atoms with Crippen molar-refractivity contribution in [3.05, 3.63) is 54.1 Å². The van der Waals surface area contributed by atoms with Crippen molar-refractivity contribution in [3.8, 4) is 11.1 Å². The third kappa shape index (κ3) is 14.6. The number of hydrogen-bond donors (Lipinski definition) is 5. The summed E-state index contributed by atoms with van der Waals surface area (Å²) in [5.74, 6) is -3.25. The van der Waals surface area contributed by atoms with Gasteiger partial charge in [0.05, 0.1) is 59.0 Å². The normalized spacial score (nSPS) is 37.5. The van der Waals surface area contributed by atoms with Gasteiger partial charge in [-0.2, -0.15) is 0 Å². The van der Waals surface area contributed by atoms with Gasteiger partial charge in [-0.3, -0.25) is 4.79 Å². The lowest BCUT2D eigenvalue weighted by atomic mass is 9.73. The number of rotatable bonds is 20. The predicted molar refractivity (Wildman–Crippen MR) is 302 cm³/mol. The topological polar surface area (TPSA) is 265 Å². The van der Waals surface area contributed by atoms with Crippen molar-refractivity contribution >= 4 is 17.6 Å². The summed E-state index contributed by atoms with van der Waals surface area (Å²) in [6.07, 6.45) is -2.18. The molecule has 1 aliphatic carbocycles. The molecule has 7 rings (SSSR count). The highest BCUT2D eigenvalue weighted by Gasteiger charge is 2.54. The molecular formula is C59H93FN8O14. The SMILES string of the molecule is CC[C@H]1OC(=O)[C@H](C)[C@@H](O[C@H]2C[C@@](C)(OC)[C@@H](O)[C@H](C)O2)[C@H](C)[C@@H](O[C@@H]2O[C@H](C)C[C@H](N(C)CCc3cn([C@H](CF)[C@H](OC)c4ccc(-c5cnc(NC6CC6)nc5)cc4)nn3)[C@H]2O)[C@](C)(OC)C[C@@H](C)/C(=N\OC)[C@H](C)[C@@H](O)[C@]1(C)O. The second-order valence-electron chi connectivity index (χ2n) is 24.1. The molecule has 23 heteroatoms. The van der Waals surface area contributed by atoms with E-state index < -0.39 is 133 Å². The minimum atomic E-state index is -1.94. The van der Waals surface area contributed by atoms with Crippen molar-refractivity contribution in [2.45, 2.75) is 217 Å². The van der Waals surface area contributed by atoms with Crippen LogP contribution in [0.25, 0.3) is 11.1 Å². The zero-order valence-corrected chi connectivity index (χ0v) is 50.7. The van der Waals surface area contributed by atoms with Gasteiger partial charge < -0.3 is 73.4 Å². The van der Waals surface area contributed by atoms with Gasteiger partial charge in [-0.15, -0.1) is 5.10 Å². The Morgan fingerprint density at radius 3 is 2.17 bits per heavy atom. The van der Waals surface area contributed by atoms with Crippen molar-refractivity contribution in [2.75, 3.05) is 54.0 Å². The van der Waals surface area contributed by atoms with Crippen LogP contribution < -0.4 is 5.32 Å². The lowest BCUT2D eigenvalue weighted by Crippen LogP contribution is -2.61. The molecule has 22 nitrogen and oxygen atoms in total. The number of ether oxygens (including phenoxy) is 8. The van der Waals surface area contributed by atoms with E-state index in [-0.39, 0.29) is 19.3 Å². The number of esters is 1. The van der Waals surface area contributed by atoms with Crippen LogP contribution in [-0.4, -0.2) is 201 Å². The predicted octanol–water partition coefficient (Wildman–Crippen LogP) is 6.01. The maximum atomic E-state index is 15.1. The molecule has 1 saturated carbocycles. The van der Waals surface area contributed by atoms with Crippen LogP contribution in [0.5, 0.6) is 0 Å². The van der Waals surface area contributed by atoms with Gasteiger partial charge in [-0.1, -0.05) is 62.3 Å². The van der Waals surface area contributed by atoms with Gasteiger partial charge in [0.2, 0.25) is 5.95 Å². The fraction of sp³-hybridized carbons (Fsp3) is 0.763. The Bertz CT molecular complexity index is 2530. The number of methoxy groups -OCH3 is 3. The third-order valence-electron chi connectivity index (χ3n) is 17.9. The molecule has 3 aromatic rings. The first kappa shape index (κ1) is 65.2. The lowest BCUT2D eigenvalue weighted by molar-refractivity contribution is -0.319. The zero-order chi connectivity index (χ0) is 60.0. The van der Waals surface area contributed by atoms with E-state index in [1.54, 1.807) is 67.4 Å². The van der Waals surface area contributed by atoms with E-state index in [9.17, 15) is 25.2 Å². The minimum absolute atomic E-state index is 0.0910. The molecule has 2 aromatic heterocycles. The smallest absolute Gasteiger partial charge is 0.311 e. The number of aliphatic hydroxyl groups excluding tert-OH is 3. The number of alkyl halides is 1. The highest BCUT2D eigenvalue weighted by atomic mass is 19.1. The number of aliphatic hydroxyl groups is 4. The molecule has 0 bridgehead atoms. The number of halogens is 1. The summed E-state index contributed by atoms with van der Waals surface area (Å²) in [6.45, 7) is 17.3. The lowest BCUT2D eigenvalue weighted by Gasteiger charge is -2.50. The standard InChI is InChI=1S/C59H93FN8O14/c1-16-45-59(10,73)51(70)34(4)47(65-77-15)32(2)26-58(9,76-14)53(35(5)49(36(6)54(72)80-45)81-46-27-57(8,75-13)52(71)37(7)79-46)82-55-48(69)43(25-33(3)78-55)67(11)24-23-42-31-68(66-64-42)44(28-60)50(74-12)39-19-17-38(18-20-39)40-29-61-56(62-30-40)63-41-21-22-41/h17-20,29-37,41,43-46,48-53,55,69-71,73H,16,21-28H2,1-15H3,(H,61,62,63)/b65-47+/t32-,33-,34+,35+,36-,37+,43+,44-,45-,46+,48-,49+,50-,51-,52+,53-,55+,57-,58-,59-/m1/s1. The van der Waals surface area contributed by atoms with E-state index in [2.05, 4.69) is 30.8 Å². The first-order valence-corrected chi connectivity index (χ1v) is 29.1. The quantitative estimate of drug-likeness (QED) is 0.0641. The van der Waals surface area contributed by atoms with Crippen LogP contribution >= 0.6 is 0 Å². The number of likely N-dealkylation sites (N-methyl/N-ethyl adjacent to an activating group) is 1. The van der Waals surface area contributed by atoms with Crippen LogP contribution in [0.2, 0.25) is 0 Å². The third-order valence-corrected chi connectivity index (χ3v) is 17.9. The second kappa shape index (κ2) is 27.8. The summed E-state index contributed by atoms with van der Waals surface area (Å²) < 4.78 is 67.9. The number of carbonyl (C=O) groups excluding carboxylic acids is 1. The molecule has 3 aliphatic heterocycles. The number of anilines is 1. The average molecular weight is 1160 g/mol. The summed E-state index contributed by atoms with van der Waals surface area (Å²) in [6, 6.07) is 6.82. The molecule has 5 N–H and O–H groups in total. The fourth-order valence-corrected chi connectivity index (χ4v) is 12.5. The van der Waals surface area contributed by atoms with Crippen molar-refractivity contribution in [1.29, 1.82) is 0 Å². The monoisotopic (exact) mass is 1160 g/mol. The summed E-state index contributed by atoms with van der Waals surface area (Å²) in [5, 5.41) is 64.2. The molecule has 460 valence electrons. The fourth-order valence-electron chi connectivity index (χ4n) is 12.5. The van der Waals surface area contributed by atoms with Gasteiger partial charge in [0.1, 0.15) is 49.8 Å². The van der Waals surface area contributed by atoms with Gasteiger partial charge in [0.25, 0.3) is 0 Å². The van der Waals surface area contributed by atoms with Crippen molar-refractivity contribution < 1.29 is 72.3 Å². The van der Waals surface area contributed by atoms with Crippen LogP contribution in [0.15, 0.2) is 48.0 Å². The highest BCUT2D eigenvalue weighted by molar-refractivity contribution is 5.88. The first-order valence-electron chi connectivity index (χ1n) is 29.1. The number of hydrogen-bond acceptors (Lipinski definition) is 21. The molecule has 3 saturated heterocycles. The average Bonchev–Trinajstić information content (AvgIpc) is 4.29. The number of nitrogens with one attached hydrogen (secondary N) is 1. The van der Waals surface area contributed by atoms with Crippen LogP contribution in [0.3, 0.4) is 0 Å². The number of carbonyl (C=O) groups is 1. The second-order valence-corrected chi connectivity index (χ2v) is 24.1. The molecule has 4 fully saturated rings. The summed E-state index contributed by atoms with van der Waals surface area (Å²) in [7, 11) is 7.90. The van der Waals surface area contributed by atoms with Gasteiger partial charge in [0.15, 0.2) is 12.6 Å². The Morgan fingerprint density at radius 2 is 1.57 bits per heavy atom. The minimum Gasteiger partial charge on any atom is -0.459 e. The largest absolute Gasteiger partial charge is 0.459 e. The number of aromatic nitrogens is 5. The van der Waals surface area contributed by atoms with E-state index in [0.29, 0.717) is 42.8 Å². The summed E-state index contributed by atoms with van der Waals surface area (Å²) in [5.41, 5.74) is -0.756. The molecule has 0 spiro atoms. The van der Waals surface area contributed by atoms with Crippen LogP contribution in [0, 0.1) is 23.7 Å². The Labute approximate surface area is 483 Å². The molecule has 4 aliphatic rings. The maximum Gasteiger partial charge on any atom is 0.311 e. The van der Waals surface area contributed by atoms with Gasteiger partial charge in [0, 0.05) is 94.7 Å². The Kier molecular flexibility index (Phi) is 22.1. The van der Waals surface area contributed by atoms with Crippen molar-refractivity contribution in [2.24, 2.45) is 28.8 Å². The maximum absolute atomic E-state index is 15.1. The number of nitrogens with zero attached hydrogens (tertiary/aromatic N) is 7.